The predicted octanol–water partition coefficient (Wildman–Crippen LogP) is 4.47. The Morgan fingerprint density at radius 1 is 1.12 bits per heavy atom. The van der Waals surface area contributed by atoms with Gasteiger partial charge in [0.1, 0.15) is 0 Å². The number of hydrogen-bond acceptors (Lipinski definition) is 2. The zero-order valence-electron chi connectivity index (χ0n) is 13.3. The van der Waals surface area contributed by atoms with E-state index in [9.17, 15) is 9.59 Å². The SMILES string of the molecule is C[C@@H]1N(C(=O)C(Cl)(Cl)Cl)c2ccccc2[C@@]12Cc1ccccc1C2=O. The molecular formula is C19H14Cl3NO2. The number of fused-ring (bicyclic) bond motifs is 3. The fraction of sp³-hybridized carbons (Fsp3) is 0.263. The summed E-state index contributed by atoms with van der Waals surface area (Å²) in [6, 6.07) is 14.5. The lowest BCUT2D eigenvalue weighted by Gasteiger charge is -2.33. The van der Waals surface area contributed by atoms with Crippen LogP contribution in [0.1, 0.15) is 28.4 Å². The molecule has 0 fully saturated rings. The summed E-state index contributed by atoms with van der Waals surface area (Å²) in [6.45, 7) is 1.85. The van der Waals surface area contributed by atoms with Crippen molar-refractivity contribution in [3.63, 3.8) is 0 Å². The molecule has 2 aliphatic rings. The number of amides is 1. The molecular weight excluding hydrogens is 381 g/mol. The average molecular weight is 395 g/mol. The summed E-state index contributed by atoms with van der Waals surface area (Å²) in [5, 5.41) is 0. The highest BCUT2D eigenvalue weighted by molar-refractivity contribution is 6.77. The summed E-state index contributed by atoms with van der Waals surface area (Å²) >= 11 is 17.6. The highest BCUT2D eigenvalue weighted by Gasteiger charge is 2.60. The molecule has 25 heavy (non-hydrogen) atoms. The fourth-order valence-electron chi connectivity index (χ4n) is 4.21. The standard InChI is InChI=1S/C19H14Cl3NO2/c1-11-18(10-12-6-2-3-7-13(12)16(18)24)14-8-4-5-9-15(14)23(11)17(25)19(20,21)22/h2-9,11H,10H2,1H3/t11-,18+/m0/s1. The maximum atomic E-state index is 13.4. The van der Waals surface area contributed by atoms with Gasteiger partial charge < -0.3 is 4.90 Å². The molecule has 0 N–H and O–H groups in total. The second-order valence-electron chi connectivity index (χ2n) is 6.50. The van der Waals surface area contributed by atoms with Crippen LogP contribution in [-0.4, -0.2) is 21.5 Å². The van der Waals surface area contributed by atoms with Crippen LogP contribution in [0.4, 0.5) is 5.69 Å². The normalized spacial score (nSPS) is 24.6. The van der Waals surface area contributed by atoms with Crippen molar-refractivity contribution in [2.24, 2.45) is 0 Å². The number of hydrogen-bond donors (Lipinski definition) is 0. The van der Waals surface area contributed by atoms with Gasteiger partial charge in [0.2, 0.25) is 0 Å². The van der Waals surface area contributed by atoms with Gasteiger partial charge in [-0.25, -0.2) is 0 Å². The Labute approximate surface area is 160 Å². The first-order valence-corrected chi connectivity index (χ1v) is 9.04. The minimum absolute atomic E-state index is 0.0164. The molecule has 1 aliphatic carbocycles. The predicted molar refractivity (Wildman–Crippen MR) is 99.8 cm³/mol. The van der Waals surface area contributed by atoms with Gasteiger partial charge >= 0.3 is 0 Å². The molecule has 2 atom stereocenters. The van der Waals surface area contributed by atoms with Gasteiger partial charge in [0, 0.05) is 11.3 Å². The molecule has 2 aromatic rings. The van der Waals surface area contributed by atoms with Crippen LogP contribution in [0, 0.1) is 0 Å². The van der Waals surface area contributed by atoms with Gasteiger partial charge in [0.05, 0.1) is 11.5 Å². The van der Waals surface area contributed by atoms with Crippen LogP contribution in [0.15, 0.2) is 48.5 Å². The van der Waals surface area contributed by atoms with Crippen molar-refractivity contribution in [3.05, 3.63) is 65.2 Å². The fourth-order valence-corrected chi connectivity index (χ4v) is 4.48. The number of benzene rings is 2. The molecule has 0 saturated carbocycles. The Morgan fingerprint density at radius 3 is 2.44 bits per heavy atom. The Balaban J connectivity index is 1.92. The summed E-state index contributed by atoms with van der Waals surface area (Å²) in [4.78, 5) is 27.6. The number of nitrogens with zero attached hydrogens (tertiary/aromatic N) is 1. The summed E-state index contributed by atoms with van der Waals surface area (Å²) in [5.74, 6) is -0.624. The van der Waals surface area contributed by atoms with E-state index < -0.39 is 21.2 Å². The van der Waals surface area contributed by atoms with Crippen LogP contribution in [-0.2, 0) is 16.6 Å². The molecule has 2 aromatic carbocycles. The van der Waals surface area contributed by atoms with Crippen LogP contribution in [0.25, 0.3) is 0 Å². The Kier molecular flexibility index (Phi) is 3.70. The second-order valence-corrected chi connectivity index (χ2v) is 8.78. The summed E-state index contributed by atoms with van der Waals surface area (Å²) < 4.78 is -2.08. The van der Waals surface area contributed by atoms with Crippen molar-refractivity contribution in [1.82, 2.24) is 0 Å². The third kappa shape index (κ3) is 2.19. The number of halogens is 3. The molecule has 0 radical (unpaired) electrons. The van der Waals surface area contributed by atoms with E-state index in [2.05, 4.69) is 0 Å². The van der Waals surface area contributed by atoms with Gasteiger partial charge in [-0.1, -0.05) is 77.3 Å². The lowest BCUT2D eigenvalue weighted by atomic mass is 9.74. The Morgan fingerprint density at radius 2 is 1.76 bits per heavy atom. The van der Waals surface area contributed by atoms with Crippen molar-refractivity contribution in [2.75, 3.05) is 4.90 Å². The first-order chi connectivity index (χ1) is 11.8. The van der Waals surface area contributed by atoms with E-state index in [-0.39, 0.29) is 5.78 Å². The first kappa shape index (κ1) is 16.9. The van der Waals surface area contributed by atoms with Crippen molar-refractivity contribution in [2.45, 2.75) is 28.6 Å². The Bertz CT molecular complexity index is 906. The van der Waals surface area contributed by atoms with E-state index in [4.69, 9.17) is 34.8 Å². The third-order valence-electron chi connectivity index (χ3n) is 5.34. The summed E-state index contributed by atoms with van der Waals surface area (Å²) in [5.41, 5.74) is 2.29. The largest absolute Gasteiger partial charge is 0.304 e. The number of ketones is 1. The summed E-state index contributed by atoms with van der Waals surface area (Å²) in [7, 11) is 0. The number of para-hydroxylation sites is 1. The van der Waals surface area contributed by atoms with Gasteiger partial charge in [0.15, 0.2) is 5.78 Å². The van der Waals surface area contributed by atoms with Crippen molar-refractivity contribution in [3.8, 4) is 0 Å². The van der Waals surface area contributed by atoms with Crippen LogP contribution in [0.5, 0.6) is 0 Å². The number of alkyl halides is 3. The van der Waals surface area contributed by atoms with Gasteiger partial charge in [-0.3, -0.25) is 9.59 Å². The minimum Gasteiger partial charge on any atom is -0.304 e. The quantitative estimate of drug-likeness (QED) is 0.618. The highest BCUT2D eigenvalue weighted by Crippen LogP contribution is 2.53. The number of rotatable bonds is 0. The molecule has 0 unspecified atom stereocenters. The van der Waals surface area contributed by atoms with E-state index >= 15 is 0 Å². The van der Waals surface area contributed by atoms with Crippen LogP contribution < -0.4 is 4.90 Å². The number of anilines is 1. The lowest BCUT2D eigenvalue weighted by molar-refractivity contribution is -0.118. The molecule has 0 saturated heterocycles. The maximum absolute atomic E-state index is 13.4. The molecule has 4 rings (SSSR count). The number of carbonyl (C=O) groups excluding carboxylic acids is 2. The third-order valence-corrected chi connectivity index (χ3v) is 5.83. The molecule has 0 bridgehead atoms. The van der Waals surface area contributed by atoms with Gasteiger partial charge in [-0.05, 0) is 30.5 Å². The van der Waals surface area contributed by atoms with Crippen LogP contribution >= 0.6 is 34.8 Å². The highest BCUT2D eigenvalue weighted by atomic mass is 35.6. The van der Waals surface area contributed by atoms with Crippen molar-refractivity contribution >= 4 is 52.2 Å². The van der Waals surface area contributed by atoms with Gasteiger partial charge in [-0.15, -0.1) is 0 Å². The van der Waals surface area contributed by atoms with Crippen molar-refractivity contribution < 1.29 is 9.59 Å². The van der Waals surface area contributed by atoms with E-state index in [0.717, 1.165) is 11.1 Å². The lowest BCUT2D eigenvalue weighted by Crippen LogP contribution is -2.51. The van der Waals surface area contributed by atoms with Crippen LogP contribution in [0.2, 0.25) is 0 Å². The minimum atomic E-state index is -2.08. The molecule has 1 amide bonds. The molecule has 1 aliphatic heterocycles. The van der Waals surface area contributed by atoms with E-state index in [1.165, 1.54) is 4.90 Å². The van der Waals surface area contributed by atoms with E-state index in [1.807, 2.05) is 49.4 Å². The first-order valence-electron chi connectivity index (χ1n) is 7.91. The smallest absolute Gasteiger partial charge is 0.279 e. The molecule has 0 aromatic heterocycles. The maximum Gasteiger partial charge on any atom is 0.279 e. The van der Waals surface area contributed by atoms with Gasteiger partial charge in [-0.2, -0.15) is 0 Å². The molecule has 1 heterocycles. The van der Waals surface area contributed by atoms with Crippen LogP contribution in [0.3, 0.4) is 0 Å². The zero-order valence-corrected chi connectivity index (χ0v) is 15.6. The van der Waals surface area contributed by atoms with Gasteiger partial charge in [0.25, 0.3) is 9.70 Å². The summed E-state index contributed by atoms with van der Waals surface area (Å²) in [6.07, 6.45) is 0.532. The number of carbonyl (C=O) groups is 2. The molecule has 6 heteroatoms. The van der Waals surface area contributed by atoms with E-state index in [0.29, 0.717) is 17.7 Å². The monoisotopic (exact) mass is 393 g/mol. The van der Waals surface area contributed by atoms with Crippen molar-refractivity contribution in [1.29, 1.82) is 0 Å². The van der Waals surface area contributed by atoms with E-state index in [1.54, 1.807) is 6.07 Å². The molecule has 3 nitrogen and oxygen atoms in total. The topological polar surface area (TPSA) is 37.4 Å². The Hall–Kier alpha value is -1.55. The number of Topliss-reactive ketones (excluding diaryl/α,β-unsaturated/α-hetero) is 1. The molecule has 128 valence electrons. The zero-order chi connectivity index (χ0) is 18.0. The molecule has 1 spiro atoms. The average Bonchev–Trinajstić information content (AvgIpc) is 3.01. The second kappa shape index (κ2) is 5.47.